The molecule has 0 saturated carbocycles. The maximum atomic E-state index is 12.4. The lowest BCUT2D eigenvalue weighted by molar-refractivity contribution is 0.0623. The second-order valence-electron chi connectivity index (χ2n) is 5.27. The van der Waals surface area contributed by atoms with Gasteiger partial charge in [-0.2, -0.15) is 0 Å². The van der Waals surface area contributed by atoms with Crippen molar-refractivity contribution in [2.45, 2.75) is 6.54 Å². The largest absolute Gasteiger partial charge is 0.340 e. The fourth-order valence-electron chi connectivity index (χ4n) is 2.55. The number of nitrogens with one attached hydrogen (secondary N) is 1. The van der Waals surface area contributed by atoms with Crippen LogP contribution in [0.25, 0.3) is 0 Å². The predicted octanol–water partition coefficient (Wildman–Crippen LogP) is 2.67. The SMILES string of the molecule is O=C(c1cc(Cl)c(Cl)[nH]1)N1CCN(Cc2ccncc2)CC1. The van der Waals surface area contributed by atoms with Gasteiger partial charge in [0.25, 0.3) is 5.91 Å². The average Bonchev–Trinajstić information content (AvgIpc) is 2.88. The molecule has 1 aliphatic heterocycles. The molecule has 5 nitrogen and oxygen atoms in total. The molecule has 3 rings (SSSR count). The Morgan fingerprint density at radius 3 is 2.45 bits per heavy atom. The molecule has 1 fully saturated rings. The molecule has 1 saturated heterocycles. The van der Waals surface area contributed by atoms with Gasteiger partial charge in [0.15, 0.2) is 0 Å². The first-order chi connectivity index (χ1) is 10.6. The van der Waals surface area contributed by atoms with Gasteiger partial charge in [0.1, 0.15) is 10.8 Å². The standard InChI is InChI=1S/C15H16Cl2N4O/c16-12-9-13(19-14(12)17)15(22)21-7-5-20(6-8-21)10-11-1-3-18-4-2-11/h1-4,9,19H,5-8,10H2. The van der Waals surface area contributed by atoms with E-state index in [-0.39, 0.29) is 5.91 Å². The molecule has 0 spiro atoms. The Labute approximate surface area is 138 Å². The van der Waals surface area contributed by atoms with Crippen LogP contribution in [0.15, 0.2) is 30.6 Å². The Bertz CT molecular complexity index is 631. The zero-order chi connectivity index (χ0) is 15.5. The zero-order valence-corrected chi connectivity index (χ0v) is 13.4. The number of H-pyrrole nitrogens is 1. The van der Waals surface area contributed by atoms with Crippen molar-refractivity contribution in [3.8, 4) is 0 Å². The Hall–Kier alpha value is -1.56. The van der Waals surface area contributed by atoms with Gasteiger partial charge in [0.2, 0.25) is 0 Å². The number of hydrogen-bond acceptors (Lipinski definition) is 3. The molecule has 1 amide bonds. The number of aromatic amines is 1. The summed E-state index contributed by atoms with van der Waals surface area (Å²) in [4.78, 5) is 23.4. The molecule has 0 aliphatic carbocycles. The van der Waals surface area contributed by atoms with Crippen molar-refractivity contribution < 1.29 is 4.79 Å². The molecule has 7 heteroatoms. The summed E-state index contributed by atoms with van der Waals surface area (Å²) in [7, 11) is 0. The van der Waals surface area contributed by atoms with E-state index in [4.69, 9.17) is 23.2 Å². The van der Waals surface area contributed by atoms with E-state index >= 15 is 0 Å². The number of pyridine rings is 1. The van der Waals surface area contributed by atoms with Crippen molar-refractivity contribution in [2.24, 2.45) is 0 Å². The van der Waals surface area contributed by atoms with Gasteiger partial charge in [-0.25, -0.2) is 0 Å². The van der Waals surface area contributed by atoms with E-state index in [9.17, 15) is 4.79 Å². The van der Waals surface area contributed by atoms with Crippen molar-refractivity contribution in [1.29, 1.82) is 0 Å². The van der Waals surface area contributed by atoms with Crippen molar-refractivity contribution in [3.05, 3.63) is 52.0 Å². The van der Waals surface area contributed by atoms with Crippen molar-refractivity contribution >= 4 is 29.1 Å². The number of rotatable bonds is 3. The first kappa shape index (κ1) is 15.3. The van der Waals surface area contributed by atoms with Gasteiger partial charge >= 0.3 is 0 Å². The highest BCUT2D eigenvalue weighted by Crippen LogP contribution is 2.23. The second-order valence-corrected chi connectivity index (χ2v) is 6.05. The normalized spacial score (nSPS) is 16.0. The number of piperazine rings is 1. The first-order valence-electron chi connectivity index (χ1n) is 7.08. The van der Waals surface area contributed by atoms with Crippen LogP contribution in [-0.2, 0) is 6.54 Å². The van der Waals surface area contributed by atoms with E-state index < -0.39 is 0 Å². The minimum atomic E-state index is -0.0580. The summed E-state index contributed by atoms with van der Waals surface area (Å²) in [6.45, 7) is 3.95. The quantitative estimate of drug-likeness (QED) is 0.935. The molecule has 3 heterocycles. The highest BCUT2D eigenvalue weighted by Gasteiger charge is 2.23. The van der Waals surface area contributed by atoms with E-state index in [1.807, 2.05) is 17.0 Å². The summed E-state index contributed by atoms with van der Waals surface area (Å²) in [5.41, 5.74) is 1.68. The summed E-state index contributed by atoms with van der Waals surface area (Å²) in [5, 5.41) is 0.683. The fraction of sp³-hybridized carbons (Fsp3) is 0.333. The van der Waals surface area contributed by atoms with E-state index in [1.165, 1.54) is 5.56 Å². The highest BCUT2D eigenvalue weighted by molar-refractivity contribution is 6.41. The van der Waals surface area contributed by atoms with E-state index in [2.05, 4.69) is 14.9 Å². The highest BCUT2D eigenvalue weighted by atomic mass is 35.5. The van der Waals surface area contributed by atoms with Gasteiger partial charge in [-0.3, -0.25) is 14.7 Å². The Kier molecular flexibility index (Phi) is 4.66. The maximum Gasteiger partial charge on any atom is 0.270 e. The summed E-state index contributed by atoms with van der Waals surface area (Å²) in [6, 6.07) is 5.61. The lowest BCUT2D eigenvalue weighted by Gasteiger charge is -2.34. The Morgan fingerprint density at radius 1 is 1.18 bits per heavy atom. The molecule has 2 aromatic rings. The van der Waals surface area contributed by atoms with Crippen LogP contribution in [0.5, 0.6) is 0 Å². The van der Waals surface area contributed by atoms with Crippen molar-refractivity contribution in [2.75, 3.05) is 26.2 Å². The Balaban J connectivity index is 1.56. The molecule has 0 aromatic carbocycles. The van der Waals surface area contributed by atoms with Crippen LogP contribution in [0, 0.1) is 0 Å². The van der Waals surface area contributed by atoms with Crippen LogP contribution >= 0.6 is 23.2 Å². The zero-order valence-electron chi connectivity index (χ0n) is 11.9. The molecule has 2 aromatic heterocycles. The molecule has 1 aliphatic rings. The average molecular weight is 339 g/mol. The van der Waals surface area contributed by atoms with Gasteiger partial charge in [0, 0.05) is 45.1 Å². The Morgan fingerprint density at radius 2 is 1.86 bits per heavy atom. The molecule has 0 unspecified atom stereocenters. The number of aromatic nitrogens is 2. The molecule has 0 atom stereocenters. The van der Waals surface area contributed by atoms with E-state index in [1.54, 1.807) is 18.5 Å². The molecule has 0 radical (unpaired) electrons. The number of carbonyl (C=O) groups is 1. The smallest absolute Gasteiger partial charge is 0.270 e. The minimum Gasteiger partial charge on any atom is -0.340 e. The van der Waals surface area contributed by atoms with Crippen molar-refractivity contribution in [1.82, 2.24) is 19.8 Å². The van der Waals surface area contributed by atoms with Gasteiger partial charge in [0.05, 0.1) is 5.02 Å². The third kappa shape index (κ3) is 3.43. The number of halogens is 2. The first-order valence-corrected chi connectivity index (χ1v) is 7.83. The van der Waals surface area contributed by atoms with Gasteiger partial charge in [-0.05, 0) is 23.8 Å². The lowest BCUT2D eigenvalue weighted by atomic mass is 10.2. The van der Waals surface area contributed by atoms with Crippen LogP contribution < -0.4 is 0 Å². The third-order valence-corrected chi connectivity index (χ3v) is 4.46. The minimum absolute atomic E-state index is 0.0580. The second kappa shape index (κ2) is 6.69. The van der Waals surface area contributed by atoms with Gasteiger partial charge in [-0.1, -0.05) is 23.2 Å². The monoisotopic (exact) mass is 338 g/mol. The summed E-state index contributed by atoms with van der Waals surface area (Å²) in [5.74, 6) is -0.0580. The molecular formula is C15H16Cl2N4O. The predicted molar refractivity (Wildman–Crippen MR) is 86.2 cm³/mol. The number of amides is 1. The van der Waals surface area contributed by atoms with Gasteiger partial charge in [-0.15, -0.1) is 0 Å². The van der Waals surface area contributed by atoms with Crippen LogP contribution in [0.1, 0.15) is 16.1 Å². The third-order valence-electron chi connectivity index (χ3n) is 3.77. The van der Waals surface area contributed by atoms with E-state index in [0.717, 1.165) is 19.6 Å². The molecule has 116 valence electrons. The maximum absolute atomic E-state index is 12.4. The summed E-state index contributed by atoms with van der Waals surface area (Å²) >= 11 is 11.7. The molecule has 22 heavy (non-hydrogen) atoms. The number of hydrogen-bond donors (Lipinski definition) is 1. The number of nitrogens with zero attached hydrogens (tertiary/aromatic N) is 3. The lowest BCUT2D eigenvalue weighted by Crippen LogP contribution is -2.48. The van der Waals surface area contributed by atoms with Crippen LogP contribution in [0.4, 0.5) is 0 Å². The molecule has 1 N–H and O–H groups in total. The molecule has 0 bridgehead atoms. The fourth-order valence-corrected chi connectivity index (χ4v) is 2.86. The van der Waals surface area contributed by atoms with Crippen LogP contribution in [0.3, 0.4) is 0 Å². The summed E-state index contributed by atoms with van der Waals surface area (Å²) in [6.07, 6.45) is 3.60. The molecular weight excluding hydrogens is 323 g/mol. The van der Waals surface area contributed by atoms with Gasteiger partial charge < -0.3 is 9.88 Å². The van der Waals surface area contributed by atoms with Crippen molar-refractivity contribution in [3.63, 3.8) is 0 Å². The number of carbonyl (C=O) groups excluding carboxylic acids is 1. The summed E-state index contributed by atoms with van der Waals surface area (Å²) < 4.78 is 0. The van der Waals surface area contributed by atoms with E-state index in [0.29, 0.717) is 29.0 Å². The van der Waals surface area contributed by atoms with Crippen LogP contribution in [0.2, 0.25) is 10.2 Å². The van der Waals surface area contributed by atoms with Crippen LogP contribution in [-0.4, -0.2) is 51.9 Å². The topological polar surface area (TPSA) is 52.2 Å².